The van der Waals surface area contributed by atoms with Crippen molar-refractivity contribution in [2.45, 2.75) is 94.4 Å². The van der Waals surface area contributed by atoms with Crippen molar-refractivity contribution in [2.75, 3.05) is 45.9 Å². The Kier molecular flexibility index (Phi) is 14.4. The summed E-state index contributed by atoms with van der Waals surface area (Å²) in [6.07, 6.45) is 6.31. The van der Waals surface area contributed by atoms with Gasteiger partial charge in [-0.2, -0.15) is 0 Å². The molecule has 3 aromatic rings. The van der Waals surface area contributed by atoms with Crippen LogP contribution >= 0.6 is 23.2 Å². The highest BCUT2D eigenvalue weighted by atomic mass is 35.5. The van der Waals surface area contributed by atoms with Gasteiger partial charge in [0.05, 0.1) is 37.1 Å². The van der Waals surface area contributed by atoms with Crippen molar-refractivity contribution in [3.05, 3.63) is 81.6 Å². The van der Waals surface area contributed by atoms with Crippen LogP contribution < -0.4 is 10.1 Å². The number of ether oxygens (including phenoxy) is 2. The van der Waals surface area contributed by atoms with Crippen molar-refractivity contribution < 1.29 is 39.5 Å². The van der Waals surface area contributed by atoms with Crippen molar-refractivity contribution in [1.29, 1.82) is 0 Å². The standard InChI is InChI=1S/C41H52Cl2N4O8/c42-33-22-28(26-54-41(13-14-41)32-23-44-15-11-30(32)31-6-2-3-7-37(31)55-29-9-10-29)34(43)21-27(33)5-1-4-8-39(52)47-18-16-46(17-19-47)25-38(51)45-24-36(50)40(53)35(49)12-20-48/h2-3,6-7,11,15,21-23,29,35-36,40,48-50,53H,1,4-5,8-10,12-14,16-20,24-26H2,(H,45,51)/t35-,36+,40+/m1/s1. The molecule has 0 radical (unpaired) electrons. The fourth-order valence-corrected chi connectivity index (χ4v) is 7.49. The number of aromatic nitrogens is 1. The zero-order chi connectivity index (χ0) is 39.0. The molecule has 2 heterocycles. The molecule has 5 N–H and O–H groups in total. The molecule has 6 rings (SSSR count). The van der Waals surface area contributed by atoms with Crippen LogP contribution in [0.5, 0.6) is 5.75 Å². The Morgan fingerprint density at radius 3 is 2.40 bits per heavy atom. The number of nitrogens with one attached hydrogen (secondary N) is 1. The van der Waals surface area contributed by atoms with Crippen molar-refractivity contribution >= 4 is 35.0 Å². The van der Waals surface area contributed by atoms with Crippen molar-refractivity contribution in [3.8, 4) is 16.9 Å². The molecule has 14 heteroatoms. The first-order valence-corrected chi connectivity index (χ1v) is 20.1. The van der Waals surface area contributed by atoms with Crippen LogP contribution in [-0.2, 0) is 33.0 Å². The molecule has 3 atom stereocenters. The van der Waals surface area contributed by atoms with Crippen LogP contribution in [0, 0.1) is 0 Å². The van der Waals surface area contributed by atoms with E-state index in [2.05, 4.69) is 16.4 Å². The number of hydrogen-bond acceptors (Lipinski definition) is 10. The van der Waals surface area contributed by atoms with E-state index in [1.165, 1.54) is 0 Å². The Bertz CT molecular complexity index is 1770. The highest BCUT2D eigenvalue weighted by Crippen LogP contribution is 2.53. The van der Waals surface area contributed by atoms with E-state index >= 15 is 0 Å². The highest BCUT2D eigenvalue weighted by molar-refractivity contribution is 6.34. The second-order valence-electron chi connectivity index (χ2n) is 14.9. The lowest BCUT2D eigenvalue weighted by Gasteiger charge is -2.34. The molecular weight excluding hydrogens is 747 g/mol. The first kappa shape index (κ1) is 41.3. The van der Waals surface area contributed by atoms with Crippen LogP contribution in [0.4, 0.5) is 0 Å². The number of aliphatic hydroxyl groups excluding tert-OH is 4. The van der Waals surface area contributed by atoms with Crippen LogP contribution in [0.2, 0.25) is 10.0 Å². The number of pyridine rings is 1. The van der Waals surface area contributed by atoms with Gasteiger partial charge >= 0.3 is 0 Å². The van der Waals surface area contributed by atoms with Crippen LogP contribution in [-0.4, -0.2) is 117 Å². The number of carbonyl (C=O) groups is 2. The van der Waals surface area contributed by atoms with E-state index in [-0.39, 0.29) is 44.0 Å². The third-order valence-electron chi connectivity index (χ3n) is 10.6. The molecule has 1 saturated heterocycles. The molecule has 0 unspecified atom stereocenters. The maximum absolute atomic E-state index is 12.9. The average molecular weight is 800 g/mol. The number of rotatable bonds is 20. The number of halogens is 2. The van der Waals surface area contributed by atoms with E-state index in [0.29, 0.717) is 62.1 Å². The van der Waals surface area contributed by atoms with Gasteiger partial charge in [0.25, 0.3) is 0 Å². The van der Waals surface area contributed by atoms with Crippen molar-refractivity contribution in [2.24, 2.45) is 0 Å². The van der Waals surface area contributed by atoms with Gasteiger partial charge in [0.1, 0.15) is 11.9 Å². The maximum Gasteiger partial charge on any atom is 0.234 e. The third-order valence-corrected chi connectivity index (χ3v) is 11.3. The molecule has 0 bridgehead atoms. The predicted octanol–water partition coefficient (Wildman–Crippen LogP) is 4.24. The number of aryl methyl sites for hydroxylation is 1. The first-order chi connectivity index (χ1) is 26.6. The minimum atomic E-state index is -1.47. The van der Waals surface area contributed by atoms with Crippen LogP contribution in [0.15, 0.2) is 54.9 Å². The Morgan fingerprint density at radius 1 is 0.945 bits per heavy atom. The number of piperazine rings is 1. The highest BCUT2D eigenvalue weighted by Gasteiger charge is 2.48. The van der Waals surface area contributed by atoms with Gasteiger partial charge in [-0.05, 0) is 92.3 Å². The summed E-state index contributed by atoms with van der Waals surface area (Å²) in [6.45, 7) is 1.95. The minimum absolute atomic E-state index is 0.0731. The number of para-hydroxylation sites is 1. The number of aliphatic hydroxyl groups is 4. The van der Waals surface area contributed by atoms with Crippen LogP contribution in [0.1, 0.15) is 68.1 Å². The van der Waals surface area contributed by atoms with Crippen molar-refractivity contribution in [3.63, 3.8) is 0 Å². The predicted molar refractivity (Wildman–Crippen MR) is 209 cm³/mol. The zero-order valence-corrected chi connectivity index (χ0v) is 32.6. The number of nitrogens with zero attached hydrogens (tertiary/aromatic N) is 3. The van der Waals surface area contributed by atoms with Gasteiger partial charge in [0.2, 0.25) is 11.8 Å². The van der Waals surface area contributed by atoms with Gasteiger partial charge in [0, 0.05) is 79.3 Å². The summed E-state index contributed by atoms with van der Waals surface area (Å²) >= 11 is 13.5. The van der Waals surface area contributed by atoms with Gasteiger partial charge in [0.15, 0.2) is 0 Å². The summed E-state index contributed by atoms with van der Waals surface area (Å²) in [6, 6.07) is 14.0. The summed E-state index contributed by atoms with van der Waals surface area (Å²) in [5, 5.41) is 42.3. The summed E-state index contributed by atoms with van der Waals surface area (Å²) in [5.41, 5.74) is 4.45. The normalized spacial score (nSPS) is 18.4. The topological polar surface area (TPSA) is 165 Å². The van der Waals surface area contributed by atoms with E-state index in [4.69, 9.17) is 37.8 Å². The molecule has 3 fully saturated rings. The molecule has 3 aliphatic rings. The lowest BCUT2D eigenvalue weighted by Crippen LogP contribution is -2.52. The molecule has 55 heavy (non-hydrogen) atoms. The Morgan fingerprint density at radius 2 is 1.67 bits per heavy atom. The Balaban J connectivity index is 0.920. The molecule has 0 spiro atoms. The fraction of sp³-hybridized carbons (Fsp3) is 0.537. The number of amides is 2. The Labute approximate surface area is 332 Å². The van der Waals surface area contributed by atoms with E-state index in [1.54, 1.807) is 0 Å². The van der Waals surface area contributed by atoms with E-state index in [0.717, 1.165) is 65.7 Å². The Hall–Kier alpha value is -3.33. The summed E-state index contributed by atoms with van der Waals surface area (Å²) in [7, 11) is 0. The van der Waals surface area contributed by atoms with Crippen LogP contribution in [0.25, 0.3) is 11.1 Å². The molecule has 2 amide bonds. The molecule has 298 valence electrons. The quantitative estimate of drug-likeness (QED) is 0.105. The molecule has 2 aliphatic carbocycles. The summed E-state index contributed by atoms with van der Waals surface area (Å²) < 4.78 is 12.8. The largest absolute Gasteiger partial charge is 0.490 e. The zero-order valence-electron chi connectivity index (χ0n) is 31.0. The van der Waals surface area contributed by atoms with Gasteiger partial charge < -0.3 is 40.1 Å². The summed E-state index contributed by atoms with van der Waals surface area (Å²) in [5.74, 6) is 0.627. The number of unbranched alkanes of at least 4 members (excludes halogenated alkanes) is 1. The lowest BCUT2D eigenvalue weighted by atomic mass is 9.96. The second kappa shape index (κ2) is 19.2. The first-order valence-electron chi connectivity index (χ1n) is 19.3. The van der Waals surface area contributed by atoms with E-state index in [9.17, 15) is 24.9 Å². The van der Waals surface area contributed by atoms with E-state index in [1.807, 2.05) is 58.6 Å². The smallest absolute Gasteiger partial charge is 0.234 e. The molecular formula is C41H52Cl2N4O8. The fourth-order valence-electron chi connectivity index (χ4n) is 6.96. The number of hydrogen-bond donors (Lipinski definition) is 5. The monoisotopic (exact) mass is 798 g/mol. The van der Waals surface area contributed by atoms with Gasteiger partial charge in [-0.1, -0.05) is 41.4 Å². The molecule has 2 aromatic carbocycles. The molecule has 1 aliphatic heterocycles. The maximum atomic E-state index is 12.9. The third kappa shape index (κ3) is 11.2. The van der Waals surface area contributed by atoms with E-state index < -0.39 is 23.9 Å². The second-order valence-corrected chi connectivity index (χ2v) is 15.7. The van der Waals surface area contributed by atoms with Gasteiger partial charge in [-0.3, -0.25) is 19.5 Å². The van der Waals surface area contributed by atoms with Crippen LogP contribution in [0.3, 0.4) is 0 Å². The SMILES string of the molecule is O=C(CN1CCN(C(=O)CCCCc2cc(Cl)c(COC3(c4cnccc4-c4ccccc4OC4CC4)CC3)cc2Cl)CC1)NC[C@H](O)[C@@H](O)[C@H](O)CCO. The van der Waals surface area contributed by atoms with Gasteiger partial charge in [-0.25, -0.2) is 0 Å². The molecule has 12 nitrogen and oxygen atoms in total. The molecule has 1 aromatic heterocycles. The van der Waals surface area contributed by atoms with Crippen molar-refractivity contribution in [1.82, 2.24) is 20.1 Å². The lowest BCUT2D eigenvalue weighted by molar-refractivity contribution is -0.133. The average Bonchev–Trinajstić information content (AvgIpc) is 4.14. The number of carbonyl (C=O) groups excluding carboxylic acids is 2. The minimum Gasteiger partial charge on any atom is -0.490 e. The molecule has 2 saturated carbocycles. The van der Waals surface area contributed by atoms with Gasteiger partial charge in [-0.15, -0.1) is 0 Å². The number of benzene rings is 2. The summed E-state index contributed by atoms with van der Waals surface area (Å²) in [4.78, 5) is 33.5.